The molecule has 0 atom stereocenters. The summed E-state index contributed by atoms with van der Waals surface area (Å²) in [6, 6.07) is 3.52. The van der Waals surface area contributed by atoms with Crippen molar-refractivity contribution in [1.29, 1.82) is 0 Å². The third-order valence-corrected chi connectivity index (χ3v) is 2.36. The summed E-state index contributed by atoms with van der Waals surface area (Å²) < 4.78 is 5.05. The van der Waals surface area contributed by atoms with Crippen molar-refractivity contribution in [3.63, 3.8) is 0 Å². The normalized spacial score (nSPS) is 10.5. The smallest absolute Gasteiger partial charge is 0.148 e. The van der Waals surface area contributed by atoms with E-state index in [1.54, 1.807) is 19.2 Å². The van der Waals surface area contributed by atoms with Gasteiger partial charge in [0.05, 0.1) is 18.8 Å². The van der Waals surface area contributed by atoms with Gasteiger partial charge in [0.15, 0.2) is 0 Å². The molecule has 0 fully saturated rings. The van der Waals surface area contributed by atoms with Gasteiger partial charge in [-0.25, -0.2) is 4.98 Å². The maximum atomic E-state index is 6.03. The Balaban J connectivity index is 2.79. The van der Waals surface area contributed by atoms with E-state index in [2.05, 4.69) is 9.97 Å². The average Bonchev–Trinajstić information content (AvgIpc) is 2.20. The van der Waals surface area contributed by atoms with Gasteiger partial charge in [0.1, 0.15) is 21.4 Å². The molecular formula is C9H6Cl2N2O. The van der Waals surface area contributed by atoms with Crippen molar-refractivity contribution >= 4 is 34.2 Å². The Morgan fingerprint density at radius 3 is 2.79 bits per heavy atom. The molecule has 14 heavy (non-hydrogen) atoms. The number of ether oxygens (including phenoxy) is 1. The molecule has 0 radical (unpaired) electrons. The fourth-order valence-electron chi connectivity index (χ4n) is 1.16. The monoisotopic (exact) mass is 228 g/mol. The number of halogens is 2. The Morgan fingerprint density at radius 2 is 2.07 bits per heavy atom. The molecule has 0 N–H and O–H groups in total. The summed E-state index contributed by atoms with van der Waals surface area (Å²) in [6.07, 6.45) is 1.48. The summed E-state index contributed by atoms with van der Waals surface area (Å²) in [5.74, 6) is 0.565. The molecule has 0 aliphatic carbocycles. The highest BCUT2D eigenvalue weighted by atomic mass is 35.5. The number of fused-ring (bicyclic) bond motifs is 1. The molecule has 0 bridgehead atoms. The molecule has 0 amide bonds. The Hall–Kier alpha value is -1.06. The second-order valence-electron chi connectivity index (χ2n) is 2.64. The highest BCUT2D eigenvalue weighted by Crippen LogP contribution is 2.30. The van der Waals surface area contributed by atoms with Crippen LogP contribution in [0.1, 0.15) is 0 Å². The summed E-state index contributed by atoms with van der Waals surface area (Å²) in [7, 11) is 1.55. The first-order valence-corrected chi connectivity index (χ1v) is 4.62. The van der Waals surface area contributed by atoms with Crippen molar-refractivity contribution < 1.29 is 4.74 Å². The molecule has 1 aromatic carbocycles. The molecule has 3 nitrogen and oxygen atoms in total. The van der Waals surface area contributed by atoms with Gasteiger partial charge in [0.2, 0.25) is 0 Å². The zero-order chi connectivity index (χ0) is 10.1. The van der Waals surface area contributed by atoms with Gasteiger partial charge in [-0.15, -0.1) is 0 Å². The molecule has 0 saturated carbocycles. The molecular weight excluding hydrogens is 223 g/mol. The summed E-state index contributed by atoms with van der Waals surface area (Å²) in [4.78, 5) is 8.16. The average molecular weight is 229 g/mol. The predicted molar refractivity (Wildman–Crippen MR) is 56.1 cm³/mol. The number of aromatic nitrogens is 2. The van der Waals surface area contributed by atoms with Gasteiger partial charge < -0.3 is 4.74 Å². The molecule has 5 heteroatoms. The van der Waals surface area contributed by atoms with E-state index in [9.17, 15) is 0 Å². The van der Waals surface area contributed by atoms with E-state index in [1.165, 1.54) is 6.20 Å². The summed E-state index contributed by atoms with van der Waals surface area (Å²) in [5, 5.41) is 0.743. The Morgan fingerprint density at radius 1 is 1.29 bits per heavy atom. The van der Waals surface area contributed by atoms with Gasteiger partial charge in [0, 0.05) is 0 Å². The van der Waals surface area contributed by atoms with Crippen molar-refractivity contribution in [3.05, 3.63) is 28.5 Å². The minimum Gasteiger partial charge on any atom is -0.495 e. The minimum atomic E-state index is 0.313. The zero-order valence-electron chi connectivity index (χ0n) is 7.29. The second kappa shape index (κ2) is 3.59. The number of methoxy groups -OCH3 is 1. The van der Waals surface area contributed by atoms with Gasteiger partial charge >= 0.3 is 0 Å². The predicted octanol–water partition coefficient (Wildman–Crippen LogP) is 2.95. The van der Waals surface area contributed by atoms with Gasteiger partial charge in [-0.1, -0.05) is 23.2 Å². The molecule has 0 aliphatic heterocycles. The highest BCUT2D eigenvalue weighted by molar-refractivity contribution is 6.36. The summed E-state index contributed by atoms with van der Waals surface area (Å²) >= 11 is 11.7. The van der Waals surface area contributed by atoms with Crippen LogP contribution >= 0.6 is 23.2 Å². The van der Waals surface area contributed by atoms with Crippen molar-refractivity contribution in [2.45, 2.75) is 0 Å². The Bertz CT molecular complexity index is 487. The number of benzene rings is 1. The van der Waals surface area contributed by atoms with Crippen LogP contribution in [0.4, 0.5) is 0 Å². The van der Waals surface area contributed by atoms with Gasteiger partial charge in [0.25, 0.3) is 0 Å². The van der Waals surface area contributed by atoms with Crippen LogP contribution in [0.15, 0.2) is 18.3 Å². The van der Waals surface area contributed by atoms with Gasteiger partial charge in [-0.05, 0) is 12.1 Å². The third-order valence-electron chi connectivity index (χ3n) is 1.81. The lowest BCUT2D eigenvalue weighted by atomic mass is 10.3. The lowest BCUT2D eigenvalue weighted by Gasteiger charge is -2.04. The molecule has 0 unspecified atom stereocenters. The largest absolute Gasteiger partial charge is 0.495 e. The van der Waals surface area contributed by atoms with Gasteiger partial charge in [-0.2, -0.15) is 0 Å². The van der Waals surface area contributed by atoms with Crippen LogP contribution < -0.4 is 4.74 Å². The molecule has 2 aromatic rings. The quantitative estimate of drug-likeness (QED) is 0.753. The van der Waals surface area contributed by atoms with Crippen molar-refractivity contribution in [2.75, 3.05) is 7.11 Å². The van der Waals surface area contributed by atoms with E-state index in [4.69, 9.17) is 27.9 Å². The van der Waals surface area contributed by atoms with E-state index < -0.39 is 0 Å². The molecule has 0 saturated heterocycles. The topological polar surface area (TPSA) is 35.0 Å². The van der Waals surface area contributed by atoms with Crippen LogP contribution in [0, 0.1) is 0 Å². The fourth-order valence-corrected chi connectivity index (χ4v) is 1.58. The molecule has 0 spiro atoms. The SMILES string of the molecule is COc1ccc2ncc(Cl)nc2c1Cl. The van der Waals surface area contributed by atoms with Crippen LogP contribution in [0.2, 0.25) is 10.2 Å². The van der Waals surface area contributed by atoms with E-state index in [1.807, 2.05) is 0 Å². The second-order valence-corrected chi connectivity index (χ2v) is 3.41. The molecule has 2 rings (SSSR count). The molecule has 1 aromatic heterocycles. The van der Waals surface area contributed by atoms with Crippen LogP contribution in [0.3, 0.4) is 0 Å². The van der Waals surface area contributed by atoms with Crippen molar-refractivity contribution in [3.8, 4) is 5.75 Å². The molecule has 0 aliphatic rings. The summed E-state index contributed by atoms with van der Waals surface area (Å²) in [5.41, 5.74) is 1.25. The Labute approximate surface area is 90.6 Å². The van der Waals surface area contributed by atoms with Crippen LogP contribution in [-0.2, 0) is 0 Å². The lowest BCUT2D eigenvalue weighted by Crippen LogP contribution is -1.89. The highest BCUT2D eigenvalue weighted by Gasteiger charge is 2.08. The lowest BCUT2D eigenvalue weighted by molar-refractivity contribution is 0.415. The third kappa shape index (κ3) is 1.49. The van der Waals surface area contributed by atoms with Crippen molar-refractivity contribution in [1.82, 2.24) is 9.97 Å². The first kappa shape index (κ1) is 9.49. The fraction of sp³-hybridized carbons (Fsp3) is 0.111. The van der Waals surface area contributed by atoms with Crippen LogP contribution in [-0.4, -0.2) is 17.1 Å². The maximum Gasteiger partial charge on any atom is 0.148 e. The Kier molecular flexibility index (Phi) is 2.44. The van der Waals surface area contributed by atoms with Crippen LogP contribution in [0.5, 0.6) is 5.75 Å². The standard InChI is InChI=1S/C9H6Cl2N2O/c1-14-6-3-2-5-9(8(6)11)13-7(10)4-12-5/h2-4H,1H3. The number of hydrogen-bond acceptors (Lipinski definition) is 3. The molecule has 1 heterocycles. The number of rotatable bonds is 1. The first-order valence-electron chi connectivity index (χ1n) is 3.87. The number of hydrogen-bond donors (Lipinski definition) is 0. The van der Waals surface area contributed by atoms with Gasteiger partial charge in [-0.3, -0.25) is 4.98 Å². The number of nitrogens with zero attached hydrogens (tertiary/aromatic N) is 2. The van der Waals surface area contributed by atoms with E-state index in [0.29, 0.717) is 27.0 Å². The first-order chi connectivity index (χ1) is 6.72. The minimum absolute atomic E-state index is 0.313. The van der Waals surface area contributed by atoms with Crippen molar-refractivity contribution in [2.24, 2.45) is 0 Å². The van der Waals surface area contributed by atoms with E-state index in [0.717, 1.165) is 0 Å². The summed E-state index contributed by atoms with van der Waals surface area (Å²) in [6.45, 7) is 0. The van der Waals surface area contributed by atoms with E-state index >= 15 is 0 Å². The zero-order valence-corrected chi connectivity index (χ0v) is 8.80. The maximum absolute atomic E-state index is 6.03. The van der Waals surface area contributed by atoms with E-state index in [-0.39, 0.29) is 0 Å². The molecule has 72 valence electrons. The van der Waals surface area contributed by atoms with Crippen LogP contribution in [0.25, 0.3) is 11.0 Å².